The van der Waals surface area contributed by atoms with Crippen LogP contribution in [0.15, 0.2) is 95.0 Å². The zero-order chi connectivity index (χ0) is 25.0. The van der Waals surface area contributed by atoms with Crippen molar-refractivity contribution in [1.82, 2.24) is 20.6 Å². The Kier molecular flexibility index (Phi) is 9.76. The molecule has 0 radical (unpaired) electrons. The summed E-state index contributed by atoms with van der Waals surface area (Å²) in [4.78, 5) is 34.3. The average Bonchev–Trinajstić information content (AvgIpc) is 2.91. The Morgan fingerprint density at radius 1 is 0.583 bits per heavy atom. The van der Waals surface area contributed by atoms with E-state index in [4.69, 9.17) is 9.97 Å². The highest BCUT2D eigenvalue weighted by Gasteiger charge is 2.14. The van der Waals surface area contributed by atoms with E-state index in [1.165, 1.54) is 34.7 Å². The van der Waals surface area contributed by atoms with Gasteiger partial charge in [-0.3, -0.25) is 9.59 Å². The number of carbonyl (C=O) groups is 2. The van der Waals surface area contributed by atoms with E-state index in [0.29, 0.717) is 23.1 Å². The fourth-order valence-electron chi connectivity index (χ4n) is 3.51. The predicted molar refractivity (Wildman–Crippen MR) is 147 cm³/mol. The van der Waals surface area contributed by atoms with Gasteiger partial charge in [-0.1, -0.05) is 96.3 Å². The van der Waals surface area contributed by atoms with Crippen LogP contribution in [0, 0.1) is 0 Å². The standard InChI is InChI=1S/C28H28N4O2S2/c33-25(29-17-15-21-9-3-1-4-10-21)19-35-27-28(32-24-14-8-7-13-23(24)31-27)36-20-26(34)30-18-16-22-11-5-2-6-12-22/h1-14H,15-20H2,(H,29,33)(H,30,34). The Bertz CT molecular complexity index is 1190. The van der Waals surface area contributed by atoms with Crippen molar-refractivity contribution in [3.63, 3.8) is 0 Å². The number of hydrogen-bond acceptors (Lipinski definition) is 6. The van der Waals surface area contributed by atoms with Gasteiger partial charge in [0.15, 0.2) is 0 Å². The minimum absolute atomic E-state index is 0.0551. The molecule has 6 nitrogen and oxygen atoms in total. The minimum Gasteiger partial charge on any atom is -0.355 e. The first-order valence-electron chi connectivity index (χ1n) is 11.8. The van der Waals surface area contributed by atoms with Gasteiger partial charge in [0.25, 0.3) is 0 Å². The first-order valence-corrected chi connectivity index (χ1v) is 13.8. The smallest absolute Gasteiger partial charge is 0.230 e. The van der Waals surface area contributed by atoms with Crippen LogP contribution < -0.4 is 10.6 Å². The van der Waals surface area contributed by atoms with E-state index >= 15 is 0 Å². The van der Waals surface area contributed by atoms with Gasteiger partial charge in [-0.2, -0.15) is 0 Å². The lowest BCUT2D eigenvalue weighted by Crippen LogP contribution is -2.27. The summed E-state index contributed by atoms with van der Waals surface area (Å²) in [5.74, 6) is 0.359. The van der Waals surface area contributed by atoms with Gasteiger partial charge < -0.3 is 10.6 Å². The number of nitrogens with one attached hydrogen (secondary N) is 2. The monoisotopic (exact) mass is 516 g/mol. The molecule has 0 spiro atoms. The fraction of sp³-hybridized carbons (Fsp3) is 0.214. The zero-order valence-electron chi connectivity index (χ0n) is 19.9. The molecular formula is C28H28N4O2S2. The number of hydrogen-bond donors (Lipinski definition) is 2. The van der Waals surface area contributed by atoms with Crippen LogP contribution in [0.5, 0.6) is 0 Å². The minimum atomic E-state index is -0.0551. The van der Waals surface area contributed by atoms with Crippen LogP contribution in [0.3, 0.4) is 0 Å². The third kappa shape index (κ3) is 8.10. The number of para-hydroxylation sites is 2. The van der Waals surface area contributed by atoms with Crippen LogP contribution in [0.2, 0.25) is 0 Å². The first-order chi connectivity index (χ1) is 17.7. The summed E-state index contributed by atoms with van der Waals surface area (Å²) in [5, 5.41) is 7.25. The molecule has 0 bridgehead atoms. The predicted octanol–water partition coefficient (Wildman–Crippen LogP) is 4.53. The van der Waals surface area contributed by atoms with Crippen LogP contribution in [0.1, 0.15) is 11.1 Å². The molecule has 2 amide bonds. The molecule has 184 valence electrons. The highest BCUT2D eigenvalue weighted by Crippen LogP contribution is 2.29. The number of carbonyl (C=O) groups excluding carboxylic acids is 2. The highest BCUT2D eigenvalue weighted by atomic mass is 32.2. The van der Waals surface area contributed by atoms with Crippen molar-refractivity contribution in [2.45, 2.75) is 22.9 Å². The van der Waals surface area contributed by atoms with E-state index in [1.807, 2.05) is 84.9 Å². The van der Waals surface area contributed by atoms with Crippen LogP contribution >= 0.6 is 23.5 Å². The van der Waals surface area contributed by atoms with Gasteiger partial charge in [0.05, 0.1) is 22.5 Å². The van der Waals surface area contributed by atoms with Crippen LogP contribution in [-0.2, 0) is 22.4 Å². The molecule has 8 heteroatoms. The van der Waals surface area contributed by atoms with Gasteiger partial charge in [-0.05, 0) is 36.1 Å². The molecule has 0 fully saturated rings. The molecular weight excluding hydrogens is 488 g/mol. The molecule has 2 N–H and O–H groups in total. The second-order valence-electron chi connectivity index (χ2n) is 8.07. The topological polar surface area (TPSA) is 84.0 Å². The molecule has 36 heavy (non-hydrogen) atoms. The lowest BCUT2D eigenvalue weighted by Gasteiger charge is -2.10. The van der Waals surface area contributed by atoms with Gasteiger partial charge in [-0.25, -0.2) is 9.97 Å². The second-order valence-corrected chi connectivity index (χ2v) is 10.00. The third-order valence-electron chi connectivity index (χ3n) is 5.35. The summed E-state index contributed by atoms with van der Waals surface area (Å²) in [6.45, 7) is 1.16. The first kappa shape index (κ1) is 25.7. The summed E-state index contributed by atoms with van der Waals surface area (Å²) in [7, 11) is 0. The van der Waals surface area contributed by atoms with E-state index in [2.05, 4.69) is 10.6 Å². The van der Waals surface area contributed by atoms with E-state index in [0.717, 1.165) is 23.9 Å². The number of nitrogens with zero attached hydrogens (tertiary/aromatic N) is 2. The Morgan fingerprint density at radius 2 is 0.972 bits per heavy atom. The number of thioether (sulfide) groups is 2. The Morgan fingerprint density at radius 3 is 1.39 bits per heavy atom. The zero-order valence-corrected chi connectivity index (χ0v) is 21.5. The second kappa shape index (κ2) is 13.7. The summed E-state index contributed by atoms with van der Waals surface area (Å²) in [5.41, 5.74) is 3.90. The Hall–Kier alpha value is -3.36. The van der Waals surface area contributed by atoms with Crippen molar-refractivity contribution < 1.29 is 9.59 Å². The molecule has 0 saturated heterocycles. The highest BCUT2D eigenvalue weighted by molar-refractivity contribution is 8.02. The van der Waals surface area contributed by atoms with Crippen molar-refractivity contribution in [2.24, 2.45) is 0 Å². The van der Waals surface area contributed by atoms with Crippen LogP contribution in [0.25, 0.3) is 11.0 Å². The number of fused-ring (bicyclic) bond motifs is 1. The summed E-state index contributed by atoms with van der Waals surface area (Å²) in [6.07, 6.45) is 1.57. The van der Waals surface area contributed by atoms with Gasteiger partial charge in [0, 0.05) is 13.1 Å². The molecule has 0 aliphatic rings. The van der Waals surface area contributed by atoms with E-state index in [1.54, 1.807) is 0 Å². The number of benzene rings is 3. The van der Waals surface area contributed by atoms with E-state index in [-0.39, 0.29) is 23.3 Å². The fourth-order valence-corrected chi connectivity index (χ4v) is 5.26. The van der Waals surface area contributed by atoms with E-state index < -0.39 is 0 Å². The summed E-state index contributed by atoms with van der Waals surface area (Å²) < 4.78 is 0. The largest absolute Gasteiger partial charge is 0.355 e. The molecule has 0 unspecified atom stereocenters. The number of aromatic nitrogens is 2. The maximum atomic E-state index is 12.4. The number of amides is 2. The third-order valence-corrected chi connectivity index (χ3v) is 7.40. The van der Waals surface area contributed by atoms with Gasteiger partial charge in [-0.15, -0.1) is 0 Å². The molecule has 4 aromatic rings. The molecule has 0 aliphatic carbocycles. The lowest BCUT2D eigenvalue weighted by atomic mass is 10.1. The maximum absolute atomic E-state index is 12.4. The summed E-state index contributed by atoms with van der Waals surface area (Å²) in [6, 6.07) is 27.8. The molecule has 0 aliphatic heterocycles. The normalized spacial score (nSPS) is 10.8. The SMILES string of the molecule is O=C(CSc1nc2ccccc2nc1SCC(=O)NCCc1ccccc1)NCCc1ccccc1. The molecule has 4 rings (SSSR count). The van der Waals surface area contributed by atoms with Crippen molar-refractivity contribution in [3.8, 4) is 0 Å². The maximum Gasteiger partial charge on any atom is 0.230 e. The quantitative estimate of drug-likeness (QED) is 0.269. The Balaban J connectivity index is 1.30. The molecule has 3 aromatic carbocycles. The van der Waals surface area contributed by atoms with Crippen molar-refractivity contribution in [2.75, 3.05) is 24.6 Å². The molecule has 1 aromatic heterocycles. The molecule has 0 atom stereocenters. The van der Waals surface area contributed by atoms with Crippen molar-refractivity contribution in [1.29, 1.82) is 0 Å². The van der Waals surface area contributed by atoms with E-state index in [9.17, 15) is 9.59 Å². The van der Waals surface area contributed by atoms with Crippen LogP contribution in [0.4, 0.5) is 0 Å². The molecule has 0 saturated carbocycles. The number of rotatable bonds is 12. The lowest BCUT2D eigenvalue weighted by molar-refractivity contribution is -0.119. The van der Waals surface area contributed by atoms with Crippen molar-refractivity contribution >= 4 is 46.4 Å². The van der Waals surface area contributed by atoms with Gasteiger partial charge in [0.1, 0.15) is 10.1 Å². The summed E-state index contributed by atoms with van der Waals surface area (Å²) >= 11 is 2.69. The van der Waals surface area contributed by atoms with Gasteiger partial charge >= 0.3 is 0 Å². The van der Waals surface area contributed by atoms with Gasteiger partial charge in [0.2, 0.25) is 11.8 Å². The van der Waals surface area contributed by atoms with Crippen molar-refractivity contribution in [3.05, 3.63) is 96.1 Å². The Labute approximate surface area is 219 Å². The average molecular weight is 517 g/mol. The molecule has 1 heterocycles. The van der Waals surface area contributed by atoms with Crippen LogP contribution in [-0.4, -0.2) is 46.4 Å².